The fourth-order valence-electron chi connectivity index (χ4n) is 2.46. The summed E-state index contributed by atoms with van der Waals surface area (Å²) in [4.78, 5) is 3.14. The average molecular weight is 332 g/mol. The molecule has 1 aromatic carbocycles. The highest BCUT2D eigenvalue weighted by Crippen LogP contribution is 2.33. The van der Waals surface area contributed by atoms with Crippen LogP contribution in [0.5, 0.6) is 0 Å². The number of hydrogen-bond donors (Lipinski definition) is 2. The molecule has 2 N–H and O–H groups in total. The summed E-state index contributed by atoms with van der Waals surface area (Å²) in [7, 11) is -3.80. The first kappa shape index (κ1) is 15.3. The molecular weight excluding hydrogens is 316 g/mol. The van der Waals surface area contributed by atoms with Gasteiger partial charge in [-0.05, 0) is 26.0 Å². The predicted octanol–water partition coefficient (Wildman–Crippen LogP) is 2.79. The van der Waals surface area contributed by atoms with Crippen LogP contribution in [0.25, 0.3) is 11.5 Å². The molecular formula is C15H16N4O3S. The molecule has 0 spiro atoms. The Balaban J connectivity index is 2.12. The fraction of sp³-hybridized carbons (Fsp3) is 0.200. The molecule has 120 valence electrons. The van der Waals surface area contributed by atoms with Crippen LogP contribution in [-0.4, -0.2) is 23.6 Å². The van der Waals surface area contributed by atoms with E-state index >= 15 is 0 Å². The molecule has 3 aromatic rings. The van der Waals surface area contributed by atoms with E-state index in [0.717, 1.165) is 0 Å². The highest BCUT2D eigenvalue weighted by atomic mass is 32.2. The number of hydrogen-bond acceptors (Lipinski definition) is 5. The molecule has 2 heterocycles. The van der Waals surface area contributed by atoms with E-state index in [4.69, 9.17) is 4.42 Å². The van der Waals surface area contributed by atoms with Crippen molar-refractivity contribution in [2.75, 3.05) is 4.72 Å². The van der Waals surface area contributed by atoms with E-state index in [1.165, 1.54) is 0 Å². The monoisotopic (exact) mass is 332 g/mol. The van der Waals surface area contributed by atoms with Gasteiger partial charge in [0.1, 0.15) is 4.90 Å². The van der Waals surface area contributed by atoms with Gasteiger partial charge in [-0.2, -0.15) is 0 Å². The zero-order chi connectivity index (χ0) is 16.6. The molecule has 7 nitrogen and oxygen atoms in total. The number of anilines is 1. The van der Waals surface area contributed by atoms with E-state index in [9.17, 15) is 8.42 Å². The molecule has 0 saturated carbocycles. The van der Waals surface area contributed by atoms with Gasteiger partial charge in [0.15, 0.2) is 0 Å². The topological polar surface area (TPSA) is 101 Å². The number of aromatic nitrogens is 3. The molecule has 0 atom stereocenters. The van der Waals surface area contributed by atoms with Gasteiger partial charge in [-0.15, -0.1) is 10.2 Å². The second-order valence-corrected chi connectivity index (χ2v) is 6.80. The van der Waals surface area contributed by atoms with Crippen LogP contribution in [-0.2, 0) is 10.0 Å². The lowest BCUT2D eigenvalue weighted by atomic mass is 10.2. The molecule has 0 saturated heterocycles. The van der Waals surface area contributed by atoms with Gasteiger partial charge < -0.3 is 9.40 Å². The molecule has 0 bridgehead atoms. The van der Waals surface area contributed by atoms with Gasteiger partial charge in [0, 0.05) is 24.0 Å². The second-order valence-electron chi connectivity index (χ2n) is 5.18. The molecule has 0 fully saturated rings. The minimum atomic E-state index is -3.80. The third-order valence-electron chi connectivity index (χ3n) is 3.35. The standard InChI is InChI=1S/C15H16N4O3S/c1-9-13(15-18-17-11(3)22-15)14(10(2)16-9)23(20,21)19-12-7-5-4-6-8-12/h4-8,16,19H,1-3H3. The van der Waals surface area contributed by atoms with Crippen molar-refractivity contribution in [1.29, 1.82) is 0 Å². The number of nitrogens with zero attached hydrogens (tertiary/aromatic N) is 2. The molecule has 0 aliphatic rings. The van der Waals surface area contributed by atoms with Crippen molar-refractivity contribution in [2.24, 2.45) is 0 Å². The van der Waals surface area contributed by atoms with Gasteiger partial charge in [0.05, 0.1) is 5.56 Å². The van der Waals surface area contributed by atoms with Crippen molar-refractivity contribution in [3.05, 3.63) is 47.6 Å². The van der Waals surface area contributed by atoms with Crippen LogP contribution in [0.15, 0.2) is 39.6 Å². The summed E-state index contributed by atoms with van der Waals surface area (Å²) in [5, 5.41) is 7.72. The molecule has 8 heteroatoms. The summed E-state index contributed by atoms with van der Waals surface area (Å²) in [5.41, 5.74) is 2.04. The Hall–Kier alpha value is -2.61. The van der Waals surface area contributed by atoms with Crippen LogP contribution < -0.4 is 4.72 Å². The van der Waals surface area contributed by atoms with E-state index in [1.807, 2.05) is 6.07 Å². The third kappa shape index (κ3) is 2.85. The van der Waals surface area contributed by atoms with E-state index in [-0.39, 0.29) is 10.8 Å². The summed E-state index contributed by atoms with van der Waals surface area (Å²) >= 11 is 0. The second kappa shape index (κ2) is 5.54. The van der Waals surface area contributed by atoms with Gasteiger partial charge in [0.25, 0.3) is 15.9 Å². The molecule has 0 aliphatic heterocycles. The van der Waals surface area contributed by atoms with Gasteiger partial charge in [0.2, 0.25) is 5.89 Å². The molecule has 0 unspecified atom stereocenters. The lowest BCUT2D eigenvalue weighted by molar-refractivity contribution is 0.531. The minimum absolute atomic E-state index is 0.113. The quantitative estimate of drug-likeness (QED) is 0.765. The summed E-state index contributed by atoms with van der Waals surface area (Å²) in [6, 6.07) is 8.70. The predicted molar refractivity (Wildman–Crippen MR) is 85.5 cm³/mol. The molecule has 0 radical (unpaired) electrons. The van der Waals surface area contributed by atoms with Crippen LogP contribution in [0.4, 0.5) is 5.69 Å². The van der Waals surface area contributed by atoms with E-state index in [1.54, 1.807) is 45.0 Å². The zero-order valence-corrected chi connectivity index (χ0v) is 13.7. The van der Waals surface area contributed by atoms with Crippen LogP contribution in [0.1, 0.15) is 17.3 Å². The maximum atomic E-state index is 12.8. The van der Waals surface area contributed by atoms with Crippen molar-refractivity contribution in [3.8, 4) is 11.5 Å². The molecule has 2 aromatic heterocycles. The van der Waals surface area contributed by atoms with E-state index < -0.39 is 10.0 Å². The first-order valence-corrected chi connectivity index (χ1v) is 8.44. The zero-order valence-electron chi connectivity index (χ0n) is 12.9. The van der Waals surface area contributed by atoms with Gasteiger partial charge >= 0.3 is 0 Å². The van der Waals surface area contributed by atoms with Gasteiger partial charge in [-0.25, -0.2) is 8.42 Å². The van der Waals surface area contributed by atoms with Crippen LogP contribution in [0, 0.1) is 20.8 Å². The number of sulfonamides is 1. The Morgan fingerprint density at radius 1 is 1.04 bits per heavy atom. The Bertz CT molecular complexity index is 943. The maximum Gasteiger partial charge on any atom is 0.264 e. The average Bonchev–Trinajstić information content (AvgIpc) is 3.02. The Morgan fingerprint density at radius 3 is 2.35 bits per heavy atom. The summed E-state index contributed by atoms with van der Waals surface area (Å²) in [6.45, 7) is 5.12. The first-order chi connectivity index (χ1) is 10.9. The molecule has 23 heavy (non-hydrogen) atoms. The SMILES string of the molecule is Cc1nnc(-c2c(C)[nH]c(C)c2S(=O)(=O)Nc2ccccc2)o1. The molecule has 3 rings (SSSR count). The lowest BCUT2D eigenvalue weighted by Gasteiger charge is -2.09. The first-order valence-electron chi connectivity index (χ1n) is 6.96. The highest BCUT2D eigenvalue weighted by molar-refractivity contribution is 7.93. The number of benzene rings is 1. The Kier molecular flexibility index (Phi) is 3.69. The highest BCUT2D eigenvalue weighted by Gasteiger charge is 2.28. The van der Waals surface area contributed by atoms with E-state index in [0.29, 0.717) is 28.5 Å². The minimum Gasteiger partial charge on any atom is -0.421 e. The van der Waals surface area contributed by atoms with Crippen LogP contribution >= 0.6 is 0 Å². The number of nitrogens with one attached hydrogen (secondary N) is 2. The normalized spacial score (nSPS) is 11.6. The van der Waals surface area contributed by atoms with Crippen molar-refractivity contribution in [1.82, 2.24) is 15.2 Å². The lowest BCUT2D eigenvalue weighted by Crippen LogP contribution is -2.14. The van der Waals surface area contributed by atoms with Crippen molar-refractivity contribution in [3.63, 3.8) is 0 Å². The van der Waals surface area contributed by atoms with Crippen LogP contribution in [0.3, 0.4) is 0 Å². The Labute approximate surface area is 133 Å². The fourth-order valence-corrected chi connectivity index (χ4v) is 3.97. The Morgan fingerprint density at radius 2 is 1.74 bits per heavy atom. The van der Waals surface area contributed by atoms with Crippen molar-refractivity contribution >= 4 is 15.7 Å². The molecule has 0 amide bonds. The number of aromatic amines is 1. The largest absolute Gasteiger partial charge is 0.421 e. The number of para-hydroxylation sites is 1. The van der Waals surface area contributed by atoms with Gasteiger partial charge in [-0.3, -0.25) is 4.72 Å². The number of rotatable bonds is 4. The third-order valence-corrected chi connectivity index (χ3v) is 4.90. The number of H-pyrrole nitrogens is 1. The van der Waals surface area contributed by atoms with E-state index in [2.05, 4.69) is 19.9 Å². The summed E-state index contributed by atoms with van der Waals surface area (Å²) < 4.78 is 33.6. The molecule has 0 aliphatic carbocycles. The summed E-state index contributed by atoms with van der Waals surface area (Å²) in [6.07, 6.45) is 0. The number of aryl methyl sites for hydroxylation is 3. The van der Waals surface area contributed by atoms with Crippen LogP contribution in [0.2, 0.25) is 0 Å². The van der Waals surface area contributed by atoms with Crippen molar-refractivity contribution < 1.29 is 12.8 Å². The summed E-state index contributed by atoms with van der Waals surface area (Å²) in [5.74, 6) is 0.551. The van der Waals surface area contributed by atoms with Crippen molar-refractivity contribution in [2.45, 2.75) is 25.7 Å². The smallest absolute Gasteiger partial charge is 0.264 e. The maximum absolute atomic E-state index is 12.8. The van der Waals surface area contributed by atoms with Gasteiger partial charge in [-0.1, -0.05) is 18.2 Å².